The van der Waals surface area contributed by atoms with Crippen LogP contribution in [0.3, 0.4) is 0 Å². The Bertz CT molecular complexity index is 473. The molecular formula is C10H12N4S. The van der Waals surface area contributed by atoms with Crippen molar-refractivity contribution >= 4 is 16.5 Å². The van der Waals surface area contributed by atoms with Gasteiger partial charge in [-0.05, 0) is 6.92 Å². The number of fused-ring (bicyclic) bond motifs is 1. The number of rotatable bonds is 1. The van der Waals surface area contributed by atoms with Crippen molar-refractivity contribution in [2.75, 3.05) is 11.4 Å². The minimum Gasteiger partial charge on any atom is -0.343 e. The highest BCUT2D eigenvalue weighted by atomic mass is 32.1. The smallest absolute Gasteiger partial charge is 0.185 e. The molecule has 0 aliphatic carbocycles. The third kappa shape index (κ3) is 1.52. The van der Waals surface area contributed by atoms with E-state index < -0.39 is 0 Å². The van der Waals surface area contributed by atoms with Gasteiger partial charge in [0.15, 0.2) is 5.13 Å². The Balaban J connectivity index is 1.87. The van der Waals surface area contributed by atoms with Crippen LogP contribution in [0, 0.1) is 6.92 Å². The summed E-state index contributed by atoms with van der Waals surface area (Å²) in [4.78, 5) is 7.99. The van der Waals surface area contributed by atoms with Gasteiger partial charge in [0.25, 0.3) is 0 Å². The summed E-state index contributed by atoms with van der Waals surface area (Å²) in [6.45, 7) is 4.05. The highest BCUT2D eigenvalue weighted by Gasteiger charge is 2.19. The molecular weight excluding hydrogens is 208 g/mol. The van der Waals surface area contributed by atoms with Crippen LogP contribution in [-0.4, -0.2) is 21.7 Å². The normalized spacial score (nSPS) is 15.4. The van der Waals surface area contributed by atoms with Crippen molar-refractivity contribution in [1.29, 1.82) is 0 Å². The summed E-state index contributed by atoms with van der Waals surface area (Å²) in [5.74, 6) is 0. The molecule has 0 unspecified atom stereocenters. The van der Waals surface area contributed by atoms with Crippen LogP contribution in [0.15, 0.2) is 12.4 Å². The van der Waals surface area contributed by atoms with E-state index in [9.17, 15) is 0 Å². The Morgan fingerprint density at radius 1 is 1.47 bits per heavy atom. The van der Waals surface area contributed by atoms with Gasteiger partial charge < -0.3 is 4.90 Å². The quantitative estimate of drug-likeness (QED) is 0.796. The lowest BCUT2D eigenvalue weighted by Crippen LogP contribution is -2.29. The number of aryl methyl sites for hydroxylation is 1. The Morgan fingerprint density at radius 2 is 2.40 bits per heavy atom. The first-order chi connectivity index (χ1) is 7.33. The van der Waals surface area contributed by atoms with Gasteiger partial charge in [-0.15, -0.1) is 11.3 Å². The Morgan fingerprint density at radius 3 is 3.20 bits per heavy atom. The average molecular weight is 220 g/mol. The number of hydrogen-bond donors (Lipinski definition) is 1. The molecule has 0 spiro atoms. The fourth-order valence-electron chi connectivity index (χ4n) is 1.87. The maximum absolute atomic E-state index is 4.41. The van der Waals surface area contributed by atoms with Crippen LogP contribution >= 0.6 is 11.3 Å². The number of nitrogens with zero attached hydrogens (tertiary/aromatic N) is 3. The summed E-state index contributed by atoms with van der Waals surface area (Å²) in [5, 5.41) is 8.23. The molecule has 1 aliphatic heterocycles. The molecule has 3 heterocycles. The molecule has 0 saturated heterocycles. The molecule has 1 N–H and O–H groups in total. The van der Waals surface area contributed by atoms with Crippen LogP contribution in [0.5, 0.6) is 0 Å². The van der Waals surface area contributed by atoms with Gasteiger partial charge in [-0.2, -0.15) is 5.10 Å². The molecule has 0 atom stereocenters. The number of H-pyrrole nitrogens is 1. The van der Waals surface area contributed by atoms with Crippen molar-refractivity contribution in [2.45, 2.75) is 19.9 Å². The maximum atomic E-state index is 4.41. The van der Waals surface area contributed by atoms with Crippen molar-refractivity contribution < 1.29 is 0 Å². The molecule has 3 rings (SSSR count). The van der Waals surface area contributed by atoms with Gasteiger partial charge >= 0.3 is 0 Å². The third-order valence-electron chi connectivity index (χ3n) is 2.68. The predicted octanol–water partition coefficient (Wildman–Crippen LogP) is 1.74. The lowest BCUT2D eigenvalue weighted by molar-refractivity contribution is 0.718. The molecule has 0 bridgehead atoms. The van der Waals surface area contributed by atoms with Crippen LogP contribution < -0.4 is 4.90 Å². The zero-order valence-electron chi connectivity index (χ0n) is 8.53. The second kappa shape index (κ2) is 3.34. The van der Waals surface area contributed by atoms with Crippen molar-refractivity contribution in [3.63, 3.8) is 0 Å². The number of aromatic amines is 1. The van der Waals surface area contributed by atoms with E-state index in [0.29, 0.717) is 0 Å². The number of aromatic nitrogens is 3. The van der Waals surface area contributed by atoms with Gasteiger partial charge in [-0.25, -0.2) is 4.98 Å². The second-order valence-corrected chi connectivity index (χ2v) is 5.01. The van der Waals surface area contributed by atoms with Gasteiger partial charge in [0.05, 0.1) is 6.20 Å². The van der Waals surface area contributed by atoms with Crippen LogP contribution in [0.1, 0.15) is 16.1 Å². The van der Waals surface area contributed by atoms with E-state index in [4.69, 9.17) is 0 Å². The summed E-state index contributed by atoms with van der Waals surface area (Å²) >= 11 is 1.76. The summed E-state index contributed by atoms with van der Waals surface area (Å²) in [6, 6.07) is 0. The fourth-order valence-corrected chi connectivity index (χ4v) is 2.66. The Hall–Kier alpha value is -1.36. The van der Waals surface area contributed by atoms with Crippen molar-refractivity contribution in [1.82, 2.24) is 15.2 Å². The van der Waals surface area contributed by atoms with Gasteiger partial charge in [-0.3, -0.25) is 5.10 Å². The molecule has 2 aromatic rings. The topological polar surface area (TPSA) is 44.8 Å². The largest absolute Gasteiger partial charge is 0.343 e. The monoisotopic (exact) mass is 220 g/mol. The molecule has 78 valence electrons. The standard InChI is InChI=1S/C10H12N4S/c1-7-4-11-10(15-7)14-3-2-9-8(6-14)5-12-13-9/h4-5H,2-3,6H2,1H3,(H,12,13). The van der Waals surface area contributed by atoms with Crippen LogP contribution in [0.4, 0.5) is 5.13 Å². The first-order valence-electron chi connectivity index (χ1n) is 5.01. The van der Waals surface area contributed by atoms with Gasteiger partial charge in [0, 0.05) is 41.8 Å². The van der Waals surface area contributed by atoms with E-state index in [2.05, 4.69) is 27.0 Å². The highest BCUT2D eigenvalue weighted by molar-refractivity contribution is 7.15. The highest BCUT2D eigenvalue weighted by Crippen LogP contribution is 2.26. The fraction of sp³-hybridized carbons (Fsp3) is 0.400. The first-order valence-corrected chi connectivity index (χ1v) is 5.83. The molecule has 5 heteroatoms. The minimum absolute atomic E-state index is 0.929. The van der Waals surface area contributed by atoms with Crippen LogP contribution in [0.25, 0.3) is 0 Å². The lowest BCUT2D eigenvalue weighted by atomic mass is 10.1. The molecule has 0 amide bonds. The number of anilines is 1. The van der Waals surface area contributed by atoms with Gasteiger partial charge in [-0.1, -0.05) is 0 Å². The minimum atomic E-state index is 0.929. The SMILES string of the molecule is Cc1cnc(N2CCc3[nH]ncc3C2)s1. The summed E-state index contributed by atoms with van der Waals surface area (Å²) in [7, 11) is 0. The van der Waals surface area contributed by atoms with E-state index in [1.165, 1.54) is 16.1 Å². The number of hydrogen-bond acceptors (Lipinski definition) is 4. The van der Waals surface area contributed by atoms with Gasteiger partial charge in [0.2, 0.25) is 0 Å². The molecule has 0 aromatic carbocycles. The lowest BCUT2D eigenvalue weighted by Gasteiger charge is -2.25. The molecule has 4 nitrogen and oxygen atoms in total. The van der Waals surface area contributed by atoms with Crippen molar-refractivity contribution in [3.8, 4) is 0 Å². The molecule has 2 aromatic heterocycles. The van der Waals surface area contributed by atoms with E-state index in [0.717, 1.165) is 24.6 Å². The molecule has 15 heavy (non-hydrogen) atoms. The summed E-state index contributed by atoms with van der Waals surface area (Å²) < 4.78 is 0. The molecule has 1 aliphatic rings. The van der Waals surface area contributed by atoms with E-state index in [1.807, 2.05) is 12.4 Å². The zero-order chi connectivity index (χ0) is 10.3. The molecule has 0 radical (unpaired) electrons. The average Bonchev–Trinajstić information content (AvgIpc) is 2.84. The summed E-state index contributed by atoms with van der Waals surface area (Å²) in [6.07, 6.45) is 4.89. The van der Waals surface area contributed by atoms with Crippen molar-refractivity contribution in [2.24, 2.45) is 0 Å². The molecule has 0 saturated carbocycles. The predicted molar refractivity (Wildman–Crippen MR) is 60.2 cm³/mol. The first kappa shape index (κ1) is 8.91. The number of thiazole rings is 1. The Labute approximate surface area is 92.0 Å². The van der Waals surface area contributed by atoms with Crippen molar-refractivity contribution in [3.05, 3.63) is 28.5 Å². The molecule has 0 fully saturated rings. The number of nitrogens with one attached hydrogen (secondary N) is 1. The van der Waals surface area contributed by atoms with E-state index in [1.54, 1.807) is 11.3 Å². The second-order valence-electron chi connectivity index (χ2n) is 3.80. The van der Waals surface area contributed by atoms with E-state index in [-0.39, 0.29) is 0 Å². The zero-order valence-corrected chi connectivity index (χ0v) is 9.34. The summed E-state index contributed by atoms with van der Waals surface area (Å²) in [5.41, 5.74) is 2.58. The maximum Gasteiger partial charge on any atom is 0.185 e. The van der Waals surface area contributed by atoms with E-state index >= 15 is 0 Å². The van der Waals surface area contributed by atoms with Crippen LogP contribution in [-0.2, 0) is 13.0 Å². The van der Waals surface area contributed by atoms with Crippen LogP contribution in [0.2, 0.25) is 0 Å². The third-order valence-corrected chi connectivity index (χ3v) is 3.65. The Kier molecular flexibility index (Phi) is 1.98. The van der Waals surface area contributed by atoms with Gasteiger partial charge in [0.1, 0.15) is 0 Å².